The number of hydrazone groups is 1. The lowest BCUT2D eigenvalue weighted by molar-refractivity contribution is -0.121. The number of nitrogens with one attached hydrogen (secondary N) is 1. The molecule has 1 amide bonds. The van der Waals surface area contributed by atoms with Crippen molar-refractivity contribution in [2.45, 2.75) is 13.3 Å². The van der Waals surface area contributed by atoms with Crippen LogP contribution in [0.1, 0.15) is 18.9 Å². The van der Waals surface area contributed by atoms with Crippen molar-refractivity contribution in [3.05, 3.63) is 60.2 Å². The summed E-state index contributed by atoms with van der Waals surface area (Å²) in [6, 6.07) is 18.1. The Bertz CT molecular complexity index is 799. The van der Waals surface area contributed by atoms with E-state index in [1.165, 1.54) is 5.69 Å². The van der Waals surface area contributed by atoms with Crippen LogP contribution in [-0.4, -0.2) is 56.4 Å². The number of carbonyl (C=O) groups is 1. The Hall–Kier alpha value is -2.86. The summed E-state index contributed by atoms with van der Waals surface area (Å²) in [5.74, 6) is 0.709. The number of piperazine rings is 1. The standard InChI is InChI=1S/C22H28N4O2/c1-18(19-7-6-10-21(17-19)28-2)23-24-22(27)11-12-25-13-15-26(16-14-25)20-8-4-3-5-9-20/h3-10,17H,11-16H2,1-2H3,(H,24,27)/b23-18+. The van der Waals surface area contributed by atoms with Gasteiger partial charge in [0.15, 0.2) is 0 Å². The molecule has 2 aromatic rings. The van der Waals surface area contributed by atoms with Crippen molar-refractivity contribution < 1.29 is 9.53 Å². The fourth-order valence-corrected chi connectivity index (χ4v) is 3.24. The van der Waals surface area contributed by atoms with Crippen molar-refractivity contribution in [1.82, 2.24) is 10.3 Å². The maximum Gasteiger partial charge on any atom is 0.241 e. The quantitative estimate of drug-likeness (QED) is 0.593. The second-order valence-corrected chi connectivity index (χ2v) is 6.88. The lowest BCUT2D eigenvalue weighted by Gasteiger charge is -2.36. The van der Waals surface area contributed by atoms with Gasteiger partial charge in [-0.3, -0.25) is 9.69 Å². The van der Waals surface area contributed by atoms with Crippen molar-refractivity contribution in [1.29, 1.82) is 0 Å². The van der Waals surface area contributed by atoms with Crippen LogP contribution in [0.2, 0.25) is 0 Å². The highest BCUT2D eigenvalue weighted by atomic mass is 16.5. The second kappa shape index (κ2) is 9.90. The number of nitrogens with zero attached hydrogens (tertiary/aromatic N) is 3. The third kappa shape index (κ3) is 5.57. The molecule has 0 aromatic heterocycles. The van der Waals surface area contributed by atoms with Gasteiger partial charge in [-0.15, -0.1) is 0 Å². The number of benzene rings is 2. The Morgan fingerprint density at radius 3 is 2.54 bits per heavy atom. The predicted octanol–water partition coefficient (Wildman–Crippen LogP) is 2.75. The number of carbonyl (C=O) groups excluding carboxylic acids is 1. The Balaban J connectivity index is 1.41. The largest absolute Gasteiger partial charge is 0.497 e. The van der Waals surface area contributed by atoms with Gasteiger partial charge in [0.05, 0.1) is 12.8 Å². The normalized spacial score (nSPS) is 15.4. The van der Waals surface area contributed by atoms with E-state index < -0.39 is 0 Å². The molecule has 1 aliphatic rings. The van der Waals surface area contributed by atoms with Gasteiger partial charge in [-0.1, -0.05) is 30.3 Å². The average molecular weight is 380 g/mol. The Labute approximate surface area is 166 Å². The van der Waals surface area contributed by atoms with E-state index in [9.17, 15) is 4.79 Å². The second-order valence-electron chi connectivity index (χ2n) is 6.88. The van der Waals surface area contributed by atoms with Gasteiger partial charge in [-0.05, 0) is 31.2 Å². The maximum atomic E-state index is 12.2. The van der Waals surface area contributed by atoms with Gasteiger partial charge in [-0.25, -0.2) is 5.43 Å². The summed E-state index contributed by atoms with van der Waals surface area (Å²) < 4.78 is 5.22. The maximum absolute atomic E-state index is 12.2. The van der Waals surface area contributed by atoms with Gasteiger partial charge in [0.1, 0.15) is 5.75 Å². The topological polar surface area (TPSA) is 57.2 Å². The molecule has 0 atom stereocenters. The number of hydrogen-bond donors (Lipinski definition) is 1. The molecule has 1 fully saturated rings. The van der Waals surface area contributed by atoms with E-state index in [0.717, 1.165) is 49.7 Å². The number of hydrogen-bond acceptors (Lipinski definition) is 5. The van der Waals surface area contributed by atoms with Crippen LogP contribution in [0.25, 0.3) is 0 Å². The highest BCUT2D eigenvalue weighted by Gasteiger charge is 2.17. The fourth-order valence-electron chi connectivity index (χ4n) is 3.24. The van der Waals surface area contributed by atoms with Gasteiger partial charge in [-0.2, -0.15) is 5.10 Å². The number of ether oxygens (including phenoxy) is 1. The van der Waals surface area contributed by atoms with Crippen LogP contribution in [0.3, 0.4) is 0 Å². The molecule has 28 heavy (non-hydrogen) atoms. The molecule has 3 rings (SSSR count). The highest BCUT2D eigenvalue weighted by Crippen LogP contribution is 2.15. The van der Waals surface area contributed by atoms with E-state index >= 15 is 0 Å². The van der Waals surface area contributed by atoms with Crippen molar-refractivity contribution in [2.24, 2.45) is 5.10 Å². The molecule has 0 spiro atoms. The minimum atomic E-state index is -0.0623. The summed E-state index contributed by atoms with van der Waals surface area (Å²) >= 11 is 0. The van der Waals surface area contributed by atoms with E-state index in [1.54, 1.807) is 7.11 Å². The summed E-state index contributed by atoms with van der Waals surface area (Å²) in [5.41, 5.74) is 5.61. The lowest BCUT2D eigenvalue weighted by Crippen LogP contribution is -2.47. The lowest BCUT2D eigenvalue weighted by atomic mass is 10.1. The molecule has 2 aromatic carbocycles. The summed E-state index contributed by atoms with van der Waals surface area (Å²) in [6.45, 7) is 6.53. The monoisotopic (exact) mass is 380 g/mol. The first-order valence-corrected chi connectivity index (χ1v) is 9.65. The number of methoxy groups -OCH3 is 1. The third-order valence-electron chi connectivity index (χ3n) is 4.98. The molecule has 1 N–H and O–H groups in total. The van der Waals surface area contributed by atoms with Crippen molar-refractivity contribution >= 4 is 17.3 Å². The first-order chi connectivity index (χ1) is 13.7. The highest BCUT2D eigenvalue weighted by molar-refractivity contribution is 5.99. The van der Waals surface area contributed by atoms with Crippen LogP contribution in [-0.2, 0) is 4.79 Å². The van der Waals surface area contributed by atoms with Gasteiger partial charge >= 0.3 is 0 Å². The molecule has 0 aliphatic carbocycles. The van der Waals surface area contributed by atoms with Gasteiger partial charge in [0, 0.05) is 50.4 Å². The zero-order valence-electron chi connectivity index (χ0n) is 16.6. The van der Waals surface area contributed by atoms with E-state index in [4.69, 9.17) is 4.74 Å². The first-order valence-electron chi connectivity index (χ1n) is 9.65. The zero-order valence-corrected chi connectivity index (χ0v) is 16.6. The van der Waals surface area contributed by atoms with E-state index in [2.05, 4.69) is 44.6 Å². The van der Waals surface area contributed by atoms with Gasteiger partial charge in [0.25, 0.3) is 0 Å². The van der Waals surface area contributed by atoms with E-state index in [0.29, 0.717) is 6.42 Å². The molecular weight excluding hydrogens is 352 g/mol. The van der Waals surface area contributed by atoms with Gasteiger partial charge < -0.3 is 9.64 Å². The smallest absolute Gasteiger partial charge is 0.241 e. The number of para-hydroxylation sites is 1. The average Bonchev–Trinajstić information content (AvgIpc) is 2.77. The molecule has 6 nitrogen and oxygen atoms in total. The summed E-state index contributed by atoms with van der Waals surface area (Å²) in [6.07, 6.45) is 0.445. The number of amides is 1. The van der Waals surface area contributed by atoms with Crippen LogP contribution in [0.5, 0.6) is 5.75 Å². The Morgan fingerprint density at radius 1 is 1.07 bits per heavy atom. The summed E-state index contributed by atoms with van der Waals surface area (Å²) in [7, 11) is 1.63. The van der Waals surface area contributed by atoms with Crippen molar-refractivity contribution in [3.8, 4) is 5.75 Å². The molecule has 0 unspecified atom stereocenters. The molecule has 6 heteroatoms. The van der Waals surface area contributed by atoms with Gasteiger partial charge in [0.2, 0.25) is 5.91 Å². The molecular formula is C22H28N4O2. The van der Waals surface area contributed by atoms with Crippen LogP contribution in [0.15, 0.2) is 59.7 Å². The summed E-state index contributed by atoms with van der Waals surface area (Å²) in [5, 5.41) is 4.22. The minimum absolute atomic E-state index is 0.0623. The number of rotatable bonds is 7. The SMILES string of the molecule is COc1cccc(/C(C)=N/NC(=O)CCN2CCN(c3ccccc3)CC2)c1. The zero-order chi connectivity index (χ0) is 19.8. The Kier molecular flexibility index (Phi) is 7.03. The van der Waals surface area contributed by atoms with E-state index in [-0.39, 0.29) is 5.91 Å². The molecule has 1 aliphatic heterocycles. The van der Waals surface area contributed by atoms with Crippen LogP contribution in [0, 0.1) is 0 Å². The van der Waals surface area contributed by atoms with Crippen LogP contribution in [0.4, 0.5) is 5.69 Å². The first kappa shape index (κ1) is 19.9. The van der Waals surface area contributed by atoms with Crippen LogP contribution < -0.4 is 15.1 Å². The van der Waals surface area contributed by atoms with Crippen molar-refractivity contribution in [3.63, 3.8) is 0 Å². The van der Waals surface area contributed by atoms with Crippen molar-refractivity contribution in [2.75, 3.05) is 44.7 Å². The van der Waals surface area contributed by atoms with Crippen LogP contribution >= 0.6 is 0 Å². The van der Waals surface area contributed by atoms with E-state index in [1.807, 2.05) is 37.3 Å². The molecule has 1 heterocycles. The Morgan fingerprint density at radius 2 is 1.82 bits per heavy atom. The molecule has 0 bridgehead atoms. The predicted molar refractivity (Wildman–Crippen MR) is 113 cm³/mol. The molecule has 1 saturated heterocycles. The minimum Gasteiger partial charge on any atom is -0.497 e. The molecule has 148 valence electrons. The molecule has 0 saturated carbocycles. The third-order valence-corrected chi connectivity index (χ3v) is 4.98. The molecule has 0 radical (unpaired) electrons. The number of anilines is 1. The fraction of sp³-hybridized carbons (Fsp3) is 0.364. The summed E-state index contributed by atoms with van der Waals surface area (Å²) in [4.78, 5) is 16.9.